The van der Waals surface area contributed by atoms with E-state index in [0.29, 0.717) is 36.5 Å². The van der Waals surface area contributed by atoms with E-state index < -0.39 is 0 Å². The molecule has 3 nitrogen and oxygen atoms in total. The normalized spacial score (nSPS) is 17.2. The van der Waals surface area contributed by atoms with Crippen molar-refractivity contribution < 1.29 is 9.90 Å². The summed E-state index contributed by atoms with van der Waals surface area (Å²) >= 11 is 6.14. The van der Waals surface area contributed by atoms with E-state index in [1.165, 1.54) is 0 Å². The van der Waals surface area contributed by atoms with Crippen molar-refractivity contribution in [2.75, 3.05) is 13.1 Å². The third kappa shape index (κ3) is 2.61. The summed E-state index contributed by atoms with van der Waals surface area (Å²) in [5, 5.41) is 9.95. The predicted octanol–water partition coefficient (Wildman–Crippen LogP) is 2.25. The van der Waals surface area contributed by atoms with Gasteiger partial charge in [0.1, 0.15) is 0 Å². The van der Waals surface area contributed by atoms with Gasteiger partial charge in [0.05, 0.1) is 16.7 Å². The molecule has 0 aliphatic carbocycles. The molecule has 92 valence electrons. The lowest BCUT2D eigenvalue weighted by Gasteiger charge is -2.30. The second-order valence-corrected chi connectivity index (χ2v) is 4.84. The Morgan fingerprint density at radius 1 is 1.41 bits per heavy atom. The van der Waals surface area contributed by atoms with Crippen LogP contribution in [0.1, 0.15) is 28.8 Å². The number of benzene rings is 1. The van der Waals surface area contributed by atoms with Gasteiger partial charge in [-0.2, -0.15) is 0 Å². The summed E-state index contributed by atoms with van der Waals surface area (Å²) in [6.45, 7) is 3.09. The van der Waals surface area contributed by atoms with Crippen LogP contribution < -0.4 is 0 Å². The Hall–Kier alpha value is -1.06. The minimum absolute atomic E-state index is 0.0365. The minimum atomic E-state index is -0.271. The largest absolute Gasteiger partial charge is 0.393 e. The summed E-state index contributed by atoms with van der Waals surface area (Å²) in [6, 6.07) is 5.48. The van der Waals surface area contributed by atoms with Crippen LogP contribution in [0.4, 0.5) is 0 Å². The first-order valence-corrected chi connectivity index (χ1v) is 6.20. The van der Waals surface area contributed by atoms with E-state index in [1.54, 1.807) is 11.0 Å². The van der Waals surface area contributed by atoms with Gasteiger partial charge in [0, 0.05) is 13.1 Å². The third-order valence-electron chi connectivity index (χ3n) is 3.17. The molecule has 1 fully saturated rings. The average molecular weight is 254 g/mol. The highest BCUT2D eigenvalue weighted by molar-refractivity contribution is 6.34. The van der Waals surface area contributed by atoms with Crippen LogP contribution in [0.25, 0.3) is 0 Å². The van der Waals surface area contributed by atoms with E-state index in [4.69, 9.17) is 11.6 Å². The zero-order valence-electron chi connectivity index (χ0n) is 9.82. The molecule has 0 saturated carbocycles. The summed E-state index contributed by atoms with van der Waals surface area (Å²) in [5.74, 6) is -0.0365. The molecule has 1 heterocycles. The highest BCUT2D eigenvalue weighted by Crippen LogP contribution is 2.23. The standard InChI is InChI=1S/C13H16ClNO2/c1-9-3-2-4-11(12(9)14)13(17)15-7-5-10(16)6-8-15/h2-4,10,16H,5-8H2,1H3. The molecular weight excluding hydrogens is 238 g/mol. The number of aryl methyl sites for hydroxylation is 1. The van der Waals surface area contributed by atoms with Crippen LogP contribution in [-0.4, -0.2) is 35.1 Å². The van der Waals surface area contributed by atoms with Gasteiger partial charge in [-0.1, -0.05) is 23.7 Å². The number of likely N-dealkylation sites (tertiary alicyclic amines) is 1. The van der Waals surface area contributed by atoms with Crippen LogP contribution >= 0.6 is 11.6 Å². The third-order valence-corrected chi connectivity index (χ3v) is 3.68. The molecule has 4 heteroatoms. The maximum Gasteiger partial charge on any atom is 0.255 e. The number of aliphatic hydroxyl groups excluding tert-OH is 1. The van der Waals surface area contributed by atoms with Gasteiger partial charge in [-0.3, -0.25) is 4.79 Å². The van der Waals surface area contributed by atoms with Crippen molar-refractivity contribution in [3.8, 4) is 0 Å². The fourth-order valence-corrected chi connectivity index (χ4v) is 2.26. The zero-order chi connectivity index (χ0) is 12.4. The highest BCUT2D eigenvalue weighted by Gasteiger charge is 2.23. The molecule has 1 aliphatic rings. The Morgan fingerprint density at radius 3 is 2.71 bits per heavy atom. The summed E-state index contributed by atoms with van der Waals surface area (Å²) < 4.78 is 0. The lowest BCUT2D eigenvalue weighted by molar-refractivity contribution is 0.0546. The molecule has 0 bridgehead atoms. The number of piperidine rings is 1. The van der Waals surface area contributed by atoms with Gasteiger partial charge in [-0.15, -0.1) is 0 Å². The number of amides is 1. The Bertz CT molecular complexity index is 425. The Kier molecular flexibility index (Phi) is 3.69. The molecule has 0 spiro atoms. The fraction of sp³-hybridized carbons (Fsp3) is 0.462. The molecule has 1 amide bonds. The lowest BCUT2D eigenvalue weighted by Crippen LogP contribution is -2.40. The van der Waals surface area contributed by atoms with Crippen LogP contribution in [0, 0.1) is 6.92 Å². The molecule has 1 aromatic rings. The van der Waals surface area contributed by atoms with Crippen LogP contribution in [-0.2, 0) is 0 Å². The van der Waals surface area contributed by atoms with Crippen molar-refractivity contribution in [1.82, 2.24) is 4.90 Å². The Morgan fingerprint density at radius 2 is 2.06 bits per heavy atom. The first-order valence-electron chi connectivity index (χ1n) is 5.82. The number of carbonyl (C=O) groups excluding carboxylic acids is 1. The molecule has 0 unspecified atom stereocenters. The first-order chi connectivity index (χ1) is 8.09. The summed E-state index contributed by atoms with van der Waals surface area (Å²) in [5.41, 5.74) is 1.47. The van der Waals surface area contributed by atoms with E-state index in [1.807, 2.05) is 19.1 Å². The number of rotatable bonds is 1. The van der Waals surface area contributed by atoms with Crippen LogP contribution in [0.5, 0.6) is 0 Å². The van der Waals surface area contributed by atoms with Gasteiger partial charge in [-0.05, 0) is 31.4 Å². The maximum absolute atomic E-state index is 12.2. The molecule has 0 atom stereocenters. The topological polar surface area (TPSA) is 40.5 Å². The summed E-state index contributed by atoms with van der Waals surface area (Å²) in [7, 11) is 0. The monoisotopic (exact) mass is 253 g/mol. The smallest absolute Gasteiger partial charge is 0.255 e. The maximum atomic E-state index is 12.2. The molecule has 17 heavy (non-hydrogen) atoms. The highest BCUT2D eigenvalue weighted by atomic mass is 35.5. The molecular formula is C13H16ClNO2. The summed E-state index contributed by atoms with van der Waals surface area (Å²) in [6.07, 6.45) is 1.02. The van der Waals surface area contributed by atoms with Crippen molar-refractivity contribution in [3.05, 3.63) is 34.3 Å². The van der Waals surface area contributed by atoms with Crippen LogP contribution in [0.3, 0.4) is 0 Å². The second-order valence-electron chi connectivity index (χ2n) is 4.46. The Balaban J connectivity index is 2.17. The number of halogens is 1. The SMILES string of the molecule is Cc1cccc(C(=O)N2CCC(O)CC2)c1Cl. The molecule has 1 aromatic carbocycles. The molecule has 1 N–H and O–H groups in total. The quantitative estimate of drug-likeness (QED) is 0.834. The van der Waals surface area contributed by atoms with Gasteiger partial charge in [0.25, 0.3) is 5.91 Å². The lowest BCUT2D eigenvalue weighted by atomic mass is 10.1. The number of aliphatic hydroxyl groups is 1. The molecule has 1 aliphatic heterocycles. The van der Waals surface area contributed by atoms with E-state index in [9.17, 15) is 9.90 Å². The predicted molar refractivity (Wildman–Crippen MR) is 67.3 cm³/mol. The van der Waals surface area contributed by atoms with E-state index in [0.717, 1.165) is 5.56 Å². The van der Waals surface area contributed by atoms with E-state index in [-0.39, 0.29) is 12.0 Å². The van der Waals surface area contributed by atoms with Crippen molar-refractivity contribution in [2.45, 2.75) is 25.9 Å². The van der Waals surface area contributed by atoms with Crippen molar-refractivity contribution in [3.63, 3.8) is 0 Å². The van der Waals surface area contributed by atoms with Gasteiger partial charge < -0.3 is 10.0 Å². The Labute approximate surface area is 106 Å². The summed E-state index contributed by atoms with van der Waals surface area (Å²) in [4.78, 5) is 14.0. The molecule has 2 rings (SSSR count). The van der Waals surface area contributed by atoms with Gasteiger partial charge in [0.15, 0.2) is 0 Å². The average Bonchev–Trinajstić information content (AvgIpc) is 2.33. The number of hydrogen-bond acceptors (Lipinski definition) is 2. The first kappa shape index (κ1) is 12.4. The van der Waals surface area contributed by atoms with E-state index in [2.05, 4.69) is 0 Å². The van der Waals surface area contributed by atoms with Crippen LogP contribution in [0.15, 0.2) is 18.2 Å². The molecule has 1 saturated heterocycles. The van der Waals surface area contributed by atoms with Gasteiger partial charge >= 0.3 is 0 Å². The number of nitrogens with zero attached hydrogens (tertiary/aromatic N) is 1. The van der Waals surface area contributed by atoms with Crippen molar-refractivity contribution >= 4 is 17.5 Å². The second kappa shape index (κ2) is 5.07. The zero-order valence-corrected chi connectivity index (χ0v) is 10.6. The fourth-order valence-electron chi connectivity index (χ4n) is 2.05. The number of hydrogen-bond donors (Lipinski definition) is 1. The van der Waals surface area contributed by atoms with Crippen LogP contribution in [0.2, 0.25) is 5.02 Å². The molecule has 0 radical (unpaired) electrons. The van der Waals surface area contributed by atoms with E-state index >= 15 is 0 Å². The van der Waals surface area contributed by atoms with Gasteiger partial charge in [-0.25, -0.2) is 0 Å². The molecule has 0 aromatic heterocycles. The van der Waals surface area contributed by atoms with Gasteiger partial charge in [0.2, 0.25) is 0 Å². The number of carbonyl (C=O) groups is 1. The van der Waals surface area contributed by atoms with Crippen molar-refractivity contribution in [2.24, 2.45) is 0 Å². The minimum Gasteiger partial charge on any atom is -0.393 e. The van der Waals surface area contributed by atoms with Crippen molar-refractivity contribution in [1.29, 1.82) is 0 Å².